The van der Waals surface area contributed by atoms with Gasteiger partial charge < -0.3 is 19.3 Å². The predicted molar refractivity (Wildman–Crippen MR) is 47.8 cm³/mol. The Labute approximate surface area is 82.9 Å². The second-order valence-corrected chi connectivity index (χ2v) is 3.03. The molecule has 2 unspecified atom stereocenters. The topological polar surface area (TPSA) is 65.0 Å². The zero-order valence-corrected chi connectivity index (χ0v) is 8.27. The van der Waals surface area contributed by atoms with Crippen molar-refractivity contribution in [2.75, 3.05) is 33.0 Å². The molecule has 1 heterocycles. The lowest BCUT2D eigenvalue weighted by Crippen LogP contribution is -2.41. The maximum absolute atomic E-state index is 11.4. The van der Waals surface area contributed by atoms with Crippen molar-refractivity contribution in [2.24, 2.45) is 5.92 Å². The van der Waals surface area contributed by atoms with E-state index in [2.05, 4.69) is 0 Å². The van der Waals surface area contributed by atoms with E-state index >= 15 is 0 Å². The summed E-state index contributed by atoms with van der Waals surface area (Å²) in [6.45, 7) is 3.10. The number of esters is 1. The highest BCUT2D eigenvalue weighted by molar-refractivity contribution is 5.73. The molecule has 1 rings (SSSR count). The number of ether oxygens (including phenoxy) is 3. The van der Waals surface area contributed by atoms with Crippen LogP contribution in [0.15, 0.2) is 0 Å². The molecule has 0 saturated carbocycles. The number of hydrogen-bond acceptors (Lipinski definition) is 5. The fourth-order valence-electron chi connectivity index (χ4n) is 1.33. The average Bonchev–Trinajstić information content (AvgIpc) is 2.21. The van der Waals surface area contributed by atoms with Gasteiger partial charge in [-0.05, 0) is 6.92 Å². The molecule has 0 aromatic heterocycles. The summed E-state index contributed by atoms with van der Waals surface area (Å²) in [6, 6.07) is 0. The Balaban J connectivity index is 2.46. The second kappa shape index (κ2) is 5.95. The van der Waals surface area contributed by atoms with Crippen LogP contribution in [0.1, 0.15) is 6.92 Å². The number of carbonyl (C=O) groups is 1. The molecule has 1 N–H and O–H groups in total. The summed E-state index contributed by atoms with van der Waals surface area (Å²) in [5, 5.41) is 9.04. The van der Waals surface area contributed by atoms with E-state index in [9.17, 15) is 4.79 Å². The number of aliphatic hydroxyl groups is 1. The highest BCUT2D eigenvalue weighted by Gasteiger charge is 2.31. The molecule has 0 aromatic rings. The smallest absolute Gasteiger partial charge is 0.314 e. The van der Waals surface area contributed by atoms with E-state index in [1.807, 2.05) is 0 Å². The van der Waals surface area contributed by atoms with Gasteiger partial charge in [-0.2, -0.15) is 0 Å². The molecular formula is C9H16O5. The van der Waals surface area contributed by atoms with Crippen LogP contribution in [0.4, 0.5) is 0 Å². The Bertz CT molecular complexity index is 176. The van der Waals surface area contributed by atoms with Gasteiger partial charge in [0.15, 0.2) is 0 Å². The summed E-state index contributed by atoms with van der Waals surface area (Å²) in [7, 11) is 0. The lowest BCUT2D eigenvalue weighted by molar-refractivity contribution is -0.166. The third kappa shape index (κ3) is 2.94. The molecule has 5 heteroatoms. The van der Waals surface area contributed by atoms with Gasteiger partial charge in [0.25, 0.3) is 0 Å². The van der Waals surface area contributed by atoms with Crippen LogP contribution in [-0.2, 0) is 19.0 Å². The van der Waals surface area contributed by atoms with Gasteiger partial charge in [-0.15, -0.1) is 0 Å². The monoisotopic (exact) mass is 204 g/mol. The first-order valence-electron chi connectivity index (χ1n) is 4.76. The molecule has 1 aliphatic heterocycles. The lowest BCUT2D eigenvalue weighted by atomic mass is 10.0. The van der Waals surface area contributed by atoms with Crippen molar-refractivity contribution >= 4 is 5.97 Å². The van der Waals surface area contributed by atoms with Crippen molar-refractivity contribution in [1.29, 1.82) is 0 Å². The lowest BCUT2D eigenvalue weighted by Gasteiger charge is -2.27. The summed E-state index contributed by atoms with van der Waals surface area (Å²) in [4.78, 5) is 11.4. The Morgan fingerprint density at radius 1 is 1.64 bits per heavy atom. The predicted octanol–water partition coefficient (Wildman–Crippen LogP) is -0.427. The van der Waals surface area contributed by atoms with Gasteiger partial charge >= 0.3 is 5.97 Å². The molecule has 5 nitrogen and oxygen atoms in total. The first-order chi connectivity index (χ1) is 6.79. The number of carbonyl (C=O) groups excluding carboxylic acids is 1. The van der Waals surface area contributed by atoms with Gasteiger partial charge in [-0.1, -0.05) is 0 Å². The standard InChI is InChI=1S/C9H16O5/c1-2-13-9(11)7(5-10)8-6-12-3-4-14-8/h7-8,10H,2-6H2,1H3. The molecule has 2 atom stereocenters. The van der Waals surface area contributed by atoms with Crippen molar-refractivity contribution in [3.63, 3.8) is 0 Å². The van der Waals surface area contributed by atoms with Crippen LogP contribution in [0.2, 0.25) is 0 Å². The van der Waals surface area contributed by atoms with Crippen molar-refractivity contribution in [3.05, 3.63) is 0 Å². The van der Waals surface area contributed by atoms with E-state index in [1.165, 1.54) is 0 Å². The third-order valence-corrected chi connectivity index (χ3v) is 2.08. The van der Waals surface area contributed by atoms with Crippen LogP contribution < -0.4 is 0 Å². The maximum atomic E-state index is 11.4. The number of rotatable bonds is 4. The Morgan fingerprint density at radius 3 is 2.93 bits per heavy atom. The van der Waals surface area contributed by atoms with Gasteiger partial charge in [0, 0.05) is 0 Å². The quantitative estimate of drug-likeness (QED) is 0.630. The fourth-order valence-corrected chi connectivity index (χ4v) is 1.33. The summed E-state index contributed by atoms with van der Waals surface area (Å²) in [5.74, 6) is -1.05. The van der Waals surface area contributed by atoms with Gasteiger partial charge in [-0.25, -0.2) is 0 Å². The minimum Gasteiger partial charge on any atom is -0.466 e. The van der Waals surface area contributed by atoms with Crippen LogP contribution in [0, 0.1) is 5.92 Å². The molecule has 14 heavy (non-hydrogen) atoms. The molecule has 0 aliphatic carbocycles. The Morgan fingerprint density at radius 2 is 2.43 bits per heavy atom. The first-order valence-corrected chi connectivity index (χ1v) is 4.76. The van der Waals surface area contributed by atoms with E-state index in [-0.39, 0.29) is 12.7 Å². The average molecular weight is 204 g/mol. The van der Waals surface area contributed by atoms with Gasteiger partial charge in [0.1, 0.15) is 5.92 Å². The number of hydrogen-bond donors (Lipinski definition) is 1. The largest absolute Gasteiger partial charge is 0.466 e. The van der Waals surface area contributed by atoms with E-state index in [0.717, 1.165) is 0 Å². The molecule has 0 spiro atoms. The summed E-state index contributed by atoms with van der Waals surface area (Å²) >= 11 is 0. The Kier molecular flexibility index (Phi) is 4.86. The van der Waals surface area contributed by atoms with Crippen LogP contribution >= 0.6 is 0 Å². The highest BCUT2D eigenvalue weighted by atomic mass is 16.6. The van der Waals surface area contributed by atoms with Crippen molar-refractivity contribution < 1.29 is 24.1 Å². The molecule has 0 bridgehead atoms. The molecule has 1 saturated heterocycles. The fraction of sp³-hybridized carbons (Fsp3) is 0.889. The minimum absolute atomic E-state index is 0.271. The molecule has 1 fully saturated rings. The molecule has 82 valence electrons. The highest BCUT2D eigenvalue weighted by Crippen LogP contribution is 2.13. The van der Waals surface area contributed by atoms with Gasteiger partial charge in [0.2, 0.25) is 0 Å². The minimum atomic E-state index is -0.629. The SMILES string of the molecule is CCOC(=O)C(CO)C1COCCO1. The molecular weight excluding hydrogens is 188 g/mol. The first kappa shape index (κ1) is 11.4. The van der Waals surface area contributed by atoms with E-state index in [0.29, 0.717) is 26.4 Å². The molecule has 0 radical (unpaired) electrons. The van der Waals surface area contributed by atoms with Crippen molar-refractivity contribution in [2.45, 2.75) is 13.0 Å². The van der Waals surface area contributed by atoms with Gasteiger partial charge in [0.05, 0.1) is 39.1 Å². The van der Waals surface area contributed by atoms with Gasteiger partial charge in [-0.3, -0.25) is 4.79 Å². The van der Waals surface area contributed by atoms with Crippen molar-refractivity contribution in [3.8, 4) is 0 Å². The zero-order chi connectivity index (χ0) is 10.4. The van der Waals surface area contributed by atoms with E-state index in [1.54, 1.807) is 6.92 Å². The number of aliphatic hydroxyl groups excluding tert-OH is 1. The molecule has 0 aromatic carbocycles. The van der Waals surface area contributed by atoms with Crippen LogP contribution in [-0.4, -0.2) is 50.2 Å². The van der Waals surface area contributed by atoms with E-state index in [4.69, 9.17) is 19.3 Å². The third-order valence-electron chi connectivity index (χ3n) is 2.08. The van der Waals surface area contributed by atoms with E-state index < -0.39 is 11.9 Å². The molecule has 0 amide bonds. The zero-order valence-electron chi connectivity index (χ0n) is 8.27. The van der Waals surface area contributed by atoms with Crippen LogP contribution in [0.5, 0.6) is 0 Å². The Hall–Kier alpha value is -0.650. The normalized spacial score (nSPS) is 24.3. The maximum Gasteiger partial charge on any atom is 0.314 e. The molecule has 1 aliphatic rings. The van der Waals surface area contributed by atoms with Crippen LogP contribution in [0.3, 0.4) is 0 Å². The van der Waals surface area contributed by atoms with Crippen LogP contribution in [0.25, 0.3) is 0 Å². The summed E-state index contributed by atoms with van der Waals surface area (Å²) in [6.07, 6.45) is -0.382. The summed E-state index contributed by atoms with van der Waals surface area (Å²) < 4.78 is 15.3. The second-order valence-electron chi connectivity index (χ2n) is 3.03. The van der Waals surface area contributed by atoms with Crippen molar-refractivity contribution in [1.82, 2.24) is 0 Å². The summed E-state index contributed by atoms with van der Waals surface area (Å²) in [5.41, 5.74) is 0.